The molecule has 1 aliphatic heterocycles. The highest BCUT2D eigenvalue weighted by molar-refractivity contribution is 5.80. The third kappa shape index (κ3) is 5.19. The zero-order valence-corrected chi connectivity index (χ0v) is 16.5. The van der Waals surface area contributed by atoms with E-state index in [1.54, 1.807) is 7.11 Å². The molecule has 146 valence electrons. The van der Waals surface area contributed by atoms with Gasteiger partial charge in [-0.05, 0) is 38.0 Å². The number of guanidine groups is 1. The molecule has 0 spiro atoms. The lowest BCUT2D eigenvalue weighted by Gasteiger charge is -2.27. The van der Waals surface area contributed by atoms with Crippen molar-refractivity contribution in [2.75, 3.05) is 20.2 Å². The lowest BCUT2D eigenvalue weighted by molar-refractivity contribution is 0.177. The van der Waals surface area contributed by atoms with Gasteiger partial charge < -0.3 is 15.4 Å². The van der Waals surface area contributed by atoms with Gasteiger partial charge in [0.25, 0.3) is 0 Å². The first-order chi connectivity index (χ1) is 12.7. The molecule has 0 aromatic carbocycles. The van der Waals surface area contributed by atoms with Crippen molar-refractivity contribution in [2.24, 2.45) is 16.8 Å². The van der Waals surface area contributed by atoms with Gasteiger partial charge >= 0.3 is 0 Å². The number of aliphatic imine (C=N–C) groups is 1. The number of nitrogens with one attached hydrogen (secondary N) is 2. The van der Waals surface area contributed by atoms with E-state index in [2.05, 4.69) is 34.6 Å². The van der Waals surface area contributed by atoms with Gasteiger partial charge in [0.05, 0.1) is 6.54 Å². The van der Waals surface area contributed by atoms with E-state index in [0.717, 1.165) is 61.9 Å². The Kier molecular flexibility index (Phi) is 6.88. The summed E-state index contributed by atoms with van der Waals surface area (Å²) < 4.78 is 7.16. The van der Waals surface area contributed by atoms with E-state index in [-0.39, 0.29) is 0 Å². The predicted octanol–water partition coefficient (Wildman–Crippen LogP) is 2.12. The normalized spacial score (nSPS) is 26.4. The van der Waals surface area contributed by atoms with Gasteiger partial charge in [-0.15, -0.1) is 0 Å². The maximum atomic E-state index is 5.14. The fraction of sp³-hybridized carbons (Fsp3) is 0.842. The smallest absolute Gasteiger partial charge is 0.191 e. The van der Waals surface area contributed by atoms with Crippen LogP contribution in [0.5, 0.6) is 0 Å². The second-order valence-corrected chi connectivity index (χ2v) is 7.78. The summed E-state index contributed by atoms with van der Waals surface area (Å²) in [6.45, 7) is 7.60. The highest BCUT2D eigenvalue weighted by Gasteiger charge is 2.23. The van der Waals surface area contributed by atoms with Crippen LogP contribution < -0.4 is 10.6 Å². The Morgan fingerprint density at radius 1 is 1.27 bits per heavy atom. The molecule has 0 radical (unpaired) electrons. The monoisotopic (exact) mass is 362 g/mol. The fourth-order valence-corrected chi connectivity index (χ4v) is 3.91. The molecule has 3 rings (SSSR count). The highest BCUT2D eigenvalue weighted by atomic mass is 16.5. The fourth-order valence-electron chi connectivity index (χ4n) is 3.91. The molecule has 2 N–H and O–H groups in total. The quantitative estimate of drug-likeness (QED) is 0.599. The van der Waals surface area contributed by atoms with Gasteiger partial charge in [-0.1, -0.05) is 19.8 Å². The Morgan fingerprint density at radius 3 is 2.81 bits per heavy atom. The number of rotatable bonds is 6. The van der Waals surface area contributed by atoms with Crippen molar-refractivity contribution in [1.29, 1.82) is 0 Å². The summed E-state index contributed by atoms with van der Waals surface area (Å²) in [5, 5.41) is 11.6. The molecular formula is C19H34N6O. The maximum Gasteiger partial charge on any atom is 0.191 e. The summed E-state index contributed by atoms with van der Waals surface area (Å²) in [5.41, 5.74) is 0. The first kappa shape index (κ1) is 19.1. The lowest BCUT2D eigenvalue weighted by atomic mass is 9.83. The van der Waals surface area contributed by atoms with E-state index < -0.39 is 0 Å². The van der Waals surface area contributed by atoms with Gasteiger partial charge in [-0.3, -0.25) is 4.99 Å². The molecule has 1 atom stereocenters. The number of fused-ring (bicyclic) bond motifs is 1. The first-order valence-corrected chi connectivity index (χ1v) is 10.1. The van der Waals surface area contributed by atoms with E-state index in [4.69, 9.17) is 9.73 Å². The molecule has 2 heterocycles. The van der Waals surface area contributed by atoms with Gasteiger partial charge in [0.1, 0.15) is 12.4 Å². The Bertz CT molecular complexity index is 591. The lowest BCUT2D eigenvalue weighted by Crippen LogP contribution is -2.47. The Hall–Kier alpha value is -1.63. The van der Waals surface area contributed by atoms with E-state index in [1.165, 1.54) is 25.7 Å². The Morgan fingerprint density at radius 2 is 2.08 bits per heavy atom. The van der Waals surface area contributed by atoms with E-state index in [9.17, 15) is 0 Å². The number of ether oxygens (including phenoxy) is 1. The molecule has 0 bridgehead atoms. The predicted molar refractivity (Wildman–Crippen MR) is 103 cm³/mol. The van der Waals surface area contributed by atoms with E-state index in [1.807, 2.05) is 4.68 Å². The molecule has 7 heteroatoms. The number of hydrogen-bond acceptors (Lipinski definition) is 4. The molecule has 1 aromatic heterocycles. The summed E-state index contributed by atoms with van der Waals surface area (Å²) in [7, 11) is 1.68. The van der Waals surface area contributed by atoms with Crippen LogP contribution in [-0.2, 0) is 24.3 Å². The van der Waals surface area contributed by atoms with Gasteiger partial charge in [0, 0.05) is 32.7 Å². The molecule has 1 saturated carbocycles. The summed E-state index contributed by atoms with van der Waals surface area (Å²) >= 11 is 0. The van der Waals surface area contributed by atoms with Crippen LogP contribution in [-0.4, -0.2) is 47.0 Å². The topological polar surface area (TPSA) is 76.4 Å². The van der Waals surface area contributed by atoms with Crippen molar-refractivity contribution in [3.05, 3.63) is 11.6 Å². The highest BCUT2D eigenvalue weighted by Crippen LogP contribution is 2.28. The van der Waals surface area contributed by atoms with E-state index >= 15 is 0 Å². The molecule has 2 aliphatic rings. The van der Waals surface area contributed by atoms with Crippen LogP contribution in [0, 0.1) is 11.8 Å². The average Bonchev–Trinajstić information content (AvgIpc) is 3.03. The molecule has 1 fully saturated rings. The minimum atomic E-state index is 0.337. The molecule has 26 heavy (non-hydrogen) atoms. The second kappa shape index (κ2) is 9.35. The van der Waals surface area contributed by atoms with Crippen molar-refractivity contribution in [3.8, 4) is 0 Å². The third-order valence-electron chi connectivity index (χ3n) is 5.50. The van der Waals surface area contributed by atoms with Crippen molar-refractivity contribution in [3.63, 3.8) is 0 Å². The molecule has 7 nitrogen and oxygen atoms in total. The summed E-state index contributed by atoms with van der Waals surface area (Å²) in [6, 6.07) is 0.337. The van der Waals surface area contributed by atoms with Crippen LogP contribution in [0.4, 0.5) is 0 Å². The summed E-state index contributed by atoms with van der Waals surface area (Å²) in [6.07, 6.45) is 7.33. The molecule has 0 amide bonds. The van der Waals surface area contributed by atoms with Crippen LogP contribution in [0.1, 0.15) is 57.6 Å². The van der Waals surface area contributed by atoms with Crippen molar-refractivity contribution in [2.45, 2.75) is 71.6 Å². The summed E-state index contributed by atoms with van der Waals surface area (Å²) in [4.78, 5) is 9.42. The van der Waals surface area contributed by atoms with Gasteiger partial charge in [0.2, 0.25) is 0 Å². The standard InChI is InChI=1S/C19H34N6O/c1-4-20-19(21-11-15-7-5-14(2)6-8-15)22-16-9-10-18-23-17(13-26-3)24-25(18)12-16/h14-16H,4-13H2,1-3H3,(H2,20,21,22). The SMILES string of the molecule is CCNC(=NCC1CCC(C)CC1)NC1CCc2nc(COC)nn2C1. The number of methoxy groups -OCH3 is 1. The number of aryl methyl sites for hydroxylation is 1. The third-order valence-corrected chi connectivity index (χ3v) is 5.50. The van der Waals surface area contributed by atoms with Crippen molar-refractivity contribution in [1.82, 2.24) is 25.4 Å². The van der Waals surface area contributed by atoms with Gasteiger partial charge in [-0.2, -0.15) is 5.10 Å². The molecule has 0 saturated heterocycles. The first-order valence-electron chi connectivity index (χ1n) is 10.1. The van der Waals surface area contributed by atoms with Gasteiger partial charge in [-0.25, -0.2) is 9.67 Å². The van der Waals surface area contributed by atoms with Crippen LogP contribution in [0.25, 0.3) is 0 Å². The van der Waals surface area contributed by atoms with Crippen molar-refractivity contribution < 1.29 is 4.74 Å². The van der Waals surface area contributed by atoms with E-state index in [0.29, 0.717) is 12.6 Å². The van der Waals surface area contributed by atoms with Crippen LogP contribution in [0.2, 0.25) is 0 Å². The molecule has 1 unspecified atom stereocenters. The molecule has 1 aliphatic carbocycles. The number of hydrogen-bond donors (Lipinski definition) is 2. The Balaban J connectivity index is 1.54. The zero-order valence-electron chi connectivity index (χ0n) is 16.5. The Labute approximate surface area is 157 Å². The summed E-state index contributed by atoms with van der Waals surface area (Å²) in [5.74, 6) is 4.41. The largest absolute Gasteiger partial charge is 0.377 e. The minimum Gasteiger partial charge on any atom is -0.377 e. The van der Waals surface area contributed by atoms with Crippen LogP contribution in [0.15, 0.2) is 4.99 Å². The van der Waals surface area contributed by atoms with Gasteiger partial charge in [0.15, 0.2) is 11.8 Å². The van der Waals surface area contributed by atoms with Crippen LogP contribution >= 0.6 is 0 Å². The van der Waals surface area contributed by atoms with Crippen LogP contribution in [0.3, 0.4) is 0 Å². The number of nitrogens with zero attached hydrogens (tertiary/aromatic N) is 4. The zero-order chi connectivity index (χ0) is 18.4. The number of aromatic nitrogens is 3. The molecular weight excluding hydrogens is 328 g/mol. The minimum absolute atomic E-state index is 0.337. The second-order valence-electron chi connectivity index (χ2n) is 7.78. The average molecular weight is 363 g/mol. The molecule has 1 aromatic rings. The maximum absolute atomic E-state index is 5.14. The van der Waals surface area contributed by atoms with Crippen molar-refractivity contribution >= 4 is 5.96 Å².